The third-order valence-electron chi connectivity index (χ3n) is 5.68. The number of carbonyl (C=O) groups excluding carboxylic acids is 1. The van der Waals surface area contributed by atoms with Gasteiger partial charge in [0.15, 0.2) is 0 Å². The second kappa shape index (κ2) is 9.08. The first-order valence-electron chi connectivity index (χ1n) is 10.7. The van der Waals surface area contributed by atoms with Crippen molar-refractivity contribution >= 4 is 17.5 Å². The number of hydrogen-bond acceptors (Lipinski definition) is 4. The van der Waals surface area contributed by atoms with Gasteiger partial charge < -0.3 is 10.6 Å². The molecule has 0 spiro atoms. The Labute approximate surface area is 178 Å². The summed E-state index contributed by atoms with van der Waals surface area (Å²) in [6.45, 7) is 4.04. The molecule has 154 valence electrons. The minimum Gasteiger partial charge on any atom is -0.351 e. The zero-order chi connectivity index (χ0) is 20.9. The van der Waals surface area contributed by atoms with Crippen LogP contribution in [0.5, 0.6) is 0 Å². The molecule has 1 aliphatic carbocycles. The number of nitrogens with zero attached hydrogens (tertiary/aromatic N) is 2. The molecular formula is C25H28N4O. The molecule has 2 aromatic carbocycles. The number of carbonyl (C=O) groups is 1. The number of anilines is 2. The van der Waals surface area contributed by atoms with E-state index in [0.717, 1.165) is 22.4 Å². The molecule has 0 bridgehead atoms. The van der Waals surface area contributed by atoms with Gasteiger partial charge in [-0.15, -0.1) is 0 Å². The predicted octanol–water partition coefficient (Wildman–Crippen LogP) is 5.76. The highest BCUT2D eigenvalue weighted by molar-refractivity contribution is 6.05. The van der Waals surface area contributed by atoms with E-state index < -0.39 is 0 Å². The third-order valence-corrected chi connectivity index (χ3v) is 5.68. The monoisotopic (exact) mass is 400 g/mol. The summed E-state index contributed by atoms with van der Waals surface area (Å²) >= 11 is 0. The Morgan fingerprint density at radius 1 is 0.933 bits per heavy atom. The van der Waals surface area contributed by atoms with Crippen LogP contribution < -0.4 is 10.6 Å². The van der Waals surface area contributed by atoms with Gasteiger partial charge in [0.25, 0.3) is 5.91 Å². The lowest BCUT2D eigenvalue weighted by atomic mass is 9.96. The van der Waals surface area contributed by atoms with E-state index in [-0.39, 0.29) is 5.91 Å². The zero-order valence-corrected chi connectivity index (χ0v) is 17.6. The van der Waals surface area contributed by atoms with Gasteiger partial charge in [-0.3, -0.25) is 4.79 Å². The average Bonchev–Trinajstić information content (AvgIpc) is 2.77. The number of nitrogens with one attached hydrogen (secondary N) is 2. The summed E-state index contributed by atoms with van der Waals surface area (Å²) in [4.78, 5) is 21.7. The standard InChI is InChI=1S/C25H28N4O/c1-17-11-12-23(18(2)13-17)29-24(30)20-8-6-7-19(14-20)21-15-26-25(27-16-21)28-22-9-4-3-5-10-22/h6-8,11-16,22H,3-5,9-10H2,1-2H3,(H,29,30)(H,26,27,28). The van der Waals surface area contributed by atoms with Crippen LogP contribution in [0.25, 0.3) is 11.1 Å². The first-order chi connectivity index (χ1) is 14.6. The maximum absolute atomic E-state index is 12.8. The summed E-state index contributed by atoms with van der Waals surface area (Å²) < 4.78 is 0. The summed E-state index contributed by atoms with van der Waals surface area (Å²) in [5.41, 5.74) is 5.48. The molecule has 1 aromatic heterocycles. The van der Waals surface area contributed by atoms with Crippen molar-refractivity contribution < 1.29 is 4.79 Å². The van der Waals surface area contributed by atoms with Crippen LogP contribution in [0.15, 0.2) is 54.9 Å². The van der Waals surface area contributed by atoms with Gasteiger partial charge >= 0.3 is 0 Å². The average molecular weight is 401 g/mol. The summed E-state index contributed by atoms with van der Waals surface area (Å²) in [5, 5.41) is 6.45. The number of benzene rings is 2. The van der Waals surface area contributed by atoms with Crippen LogP contribution in [-0.4, -0.2) is 21.9 Å². The molecule has 1 heterocycles. The molecule has 0 unspecified atom stereocenters. The van der Waals surface area contributed by atoms with Gasteiger partial charge in [0.05, 0.1) is 0 Å². The molecular weight excluding hydrogens is 372 g/mol. The van der Waals surface area contributed by atoms with Crippen LogP contribution in [0.4, 0.5) is 11.6 Å². The molecule has 2 N–H and O–H groups in total. The van der Waals surface area contributed by atoms with Gasteiger partial charge in [0.1, 0.15) is 0 Å². The van der Waals surface area contributed by atoms with Crippen molar-refractivity contribution in [1.29, 1.82) is 0 Å². The predicted molar refractivity (Wildman–Crippen MR) is 122 cm³/mol. The SMILES string of the molecule is Cc1ccc(NC(=O)c2cccc(-c3cnc(NC4CCCCC4)nc3)c2)c(C)c1. The van der Waals surface area contributed by atoms with Crippen LogP contribution >= 0.6 is 0 Å². The molecule has 0 radical (unpaired) electrons. The van der Waals surface area contributed by atoms with Crippen LogP contribution in [-0.2, 0) is 0 Å². The second-order valence-corrected chi connectivity index (χ2v) is 8.13. The van der Waals surface area contributed by atoms with Gasteiger partial charge in [0, 0.05) is 35.2 Å². The van der Waals surface area contributed by atoms with E-state index in [1.54, 1.807) is 0 Å². The van der Waals surface area contributed by atoms with Crippen molar-refractivity contribution in [3.63, 3.8) is 0 Å². The Bertz CT molecular complexity index is 1020. The molecule has 1 aliphatic rings. The van der Waals surface area contributed by atoms with Crippen molar-refractivity contribution in [2.45, 2.75) is 52.0 Å². The Hall–Kier alpha value is -3.21. The largest absolute Gasteiger partial charge is 0.351 e. The lowest BCUT2D eigenvalue weighted by molar-refractivity contribution is 0.102. The van der Waals surface area contributed by atoms with Crippen LogP contribution in [0.2, 0.25) is 0 Å². The smallest absolute Gasteiger partial charge is 0.255 e. The van der Waals surface area contributed by atoms with E-state index in [0.29, 0.717) is 17.6 Å². The van der Waals surface area contributed by atoms with E-state index in [1.165, 1.54) is 37.7 Å². The minimum atomic E-state index is -0.125. The van der Waals surface area contributed by atoms with E-state index in [4.69, 9.17) is 0 Å². The fourth-order valence-corrected chi connectivity index (χ4v) is 3.97. The molecule has 5 heteroatoms. The number of hydrogen-bond donors (Lipinski definition) is 2. The molecule has 4 rings (SSSR count). The third kappa shape index (κ3) is 4.85. The number of amides is 1. The summed E-state index contributed by atoms with van der Waals surface area (Å²) in [6.07, 6.45) is 9.87. The fraction of sp³-hybridized carbons (Fsp3) is 0.320. The number of aryl methyl sites for hydroxylation is 2. The van der Waals surface area contributed by atoms with Crippen molar-refractivity contribution in [2.75, 3.05) is 10.6 Å². The van der Waals surface area contributed by atoms with Gasteiger partial charge in [-0.2, -0.15) is 0 Å². The number of aromatic nitrogens is 2. The summed E-state index contributed by atoms with van der Waals surface area (Å²) in [6, 6.07) is 14.0. The Kier molecular flexibility index (Phi) is 6.07. The minimum absolute atomic E-state index is 0.125. The molecule has 1 saturated carbocycles. The normalized spacial score (nSPS) is 14.3. The molecule has 5 nitrogen and oxygen atoms in total. The highest BCUT2D eigenvalue weighted by Gasteiger charge is 2.14. The van der Waals surface area contributed by atoms with Crippen LogP contribution in [0.3, 0.4) is 0 Å². The molecule has 0 atom stereocenters. The lowest BCUT2D eigenvalue weighted by Crippen LogP contribution is -2.23. The highest BCUT2D eigenvalue weighted by atomic mass is 16.1. The topological polar surface area (TPSA) is 66.9 Å². The molecule has 3 aromatic rings. The summed E-state index contributed by atoms with van der Waals surface area (Å²) in [5.74, 6) is 0.551. The van der Waals surface area contributed by atoms with Gasteiger partial charge in [0.2, 0.25) is 5.95 Å². The number of rotatable bonds is 5. The Morgan fingerprint density at radius 2 is 1.70 bits per heavy atom. The van der Waals surface area contributed by atoms with Crippen LogP contribution in [0.1, 0.15) is 53.6 Å². The van der Waals surface area contributed by atoms with Crippen molar-refractivity contribution in [3.8, 4) is 11.1 Å². The quantitative estimate of drug-likeness (QED) is 0.572. The van der Waals surface area contributed by atoms with E-state index in [1.807, 2.05) is 62.6 Å². The van der Waals surface area contributed by atoms with E-state index in [2.05, 4.69) is 26.7 Å². The van der Waals surface area contributed by atoms with E-state index in [9.17, 15) is 4.79 Å². The molecule has 1 fully saturated rings. The van der Waals surface area contributed by atoms with Crippen molar-refractivity contribution in [3.05, 3.63) is 71.5 Å². The van der Waals surface area contributed by atoms with Crippen LogP contribution in [0, 0.1) is 13.8 Å². The van der Waals surface area contributed by atoms with Gasteiger partial charge in [-0.25, -0.2) is 9.97 Å². The molecule has 0 saturated heterocycles. The first kappa shape index (κ1) is 20.1. The maximum Gasteiger partial charge on any atom is 0.255 e. The second-order valence-electron chi connectivity index (χ2n) is 8.13. The Balaban J connectivity index is 1.46. The zero-order valence-electron chi connectivity index (χ0n) is 17.6. The van der Waals surface area contributed by atoms with Gasteiger partial charge in [-0.05, 0) is 56.0 Å². The lowest BCUT2D eigenvalue weighted by Gasteiger charge is -2.22. The molecule has 1 amide bonds. The Morgan fingerprint density at radius 3 is 2.43 bits per heavy atom. The van der Waals surface area contributed by atoms with Crippen molar-refractivity contribution in [1.82, 2.24) is 9.97 Å². The maximum atomic E-state index is 12.8. The van der Waals surface area contributed by atoms with Crippen molar-refractivity contribution in [2.24, 2.45) is 0 Å². The first-order valence-corrected chi connectivity index (χ1v) is 10.7. The van der Waals surface area contributed by atoms with Gasteiger partial charge in [-0.1, -0.05) is 49.1 Å². The molecule has 0 aliphatic heterocycles. The highest BCUT2D eigenvalue weighted by Crippen LogP contribution is 2.23. The fourth-order valence-electron chi connectivity index (χ4n) is 3.97. The van der Waals surface area contributed by atoms with E-state index >= 15 is 0 Å². The summed E-state index contributed by atoms with van der Waals surface area (Å²) in [7, 11) is 0. The molecule has 30 heavy (non-hydrogen) atoms.